The van der Waals surface area contributed by atoms with E-state index in [9.17, 15) is 10.1 Å². The maximum atomic E-state index is 12.7. The number of H-pyrrole nitrogens is 1. The van der Waals surface area contributed by atoms with Crippen LogP contribution >= 0.6 is 34.4 Å². The number of nitriles is 1. The minimum Gasteiger partial charge on any atom is -0.332 e. The van der Waals surface area contributed by atoms with Crippen molar-refractivity contribution < 1.29 is 4.79 Å². The number of thiophene rings is 2. The highest BCUT2D eigenvalue weighted by Crippen LogP contribution is 2.37. The summed E-state index contributed by atoms with van der Waals surface area (Å²) in [5.41, 5.74) is 2.82. The average Bonchev–Trinajstić information content (AvgIpc) is 3.48. The molecular weight excluding hydrogens is 420 g/mol. The quantitative estimate of drug-likeness (QED) is 0.371. The molecule has 1 aromatic carbocycles. The second kappa shape index (κ2) is 8.66. The summed E-state index contributed by atoms with van der Waals surface area (Å²) in [6.07, 6.45) is 0. The molecule has 0 saturated heterocycles. The highest BCUT2D eigenvalue weighted by Gasteiger charge is 2.21. The van der Waals surface area contributed by atoms with Crippen molar-refractivity contribution in [2.24, 2.45) is 0 Å². The van der Waals surface area contributed by atoms with E-state index in [1.54, 1.807) is 46.9 Å². The van der Waals surface area contributed by atoms with Gasteiger partial charge in [0.1, 0.15) is 11.8 Å². The van der Waals surface area contributed by atoms with Crippen LogP contribution in [0.25, 0.3) is 21.1 Å². The molecule has 0 aliphatic rings. The number of rotatable bonds is 6. The Balaban J connectivity index is 1.55. The average molecular weight is 437 g/mol. The van der Waals surface area contributed by atoms with Gasteiger partial charge in [0, 0.05) is 0 Å². The first-order valence-corrected chi connectivity index (χ1v) is 11.4. The van der Waals surface area contributed by atoms with Crippen LogP contribution in [-0.2, 0) is 4.79 Å². The van der Waals surface area contributed by atoms with Gasteiger partial charge in [-0.3, -0.25) is 4.79 Å². The van der Waals surface area contributed by atoms with Gasteiger partial charge in [-0.2, -0.15) is 5.26 Å². The number of anilines is 1. The molecule has 0 aliphatic heterocycles. The monoisotopic (exact) mass is 436 g/mol. The number of carbonyl (C=O) groups is 1. The highest BCUT2D eigenvalue weighted by molar-refractivity contribution is 8.00. The van der Waals surface area contributed by atoms with Gasteiger partial charge in [-0.05, 0) is 41.9 Å². The second-order valence-electron chi connectivity index (χ2n) is 6.13. The molecule has 0 radical (unpaired) electrons. The first kappa shape index (κ1) is 19.5. The lowest BCUT2D eigenvalue weighted by Crippen LogP contribution is -2.23. The molecule has 1 amide bonds. The molecule has 8 heteroatoms. The minimum atomic E-state index is -0.389. The summed E-state index contributed by atoms with van der Waals surface area (Å²) in [7, 11) is 0. The van der Waals surface area contributed by atoms with E-state index in [1.165, 1.54) is 11.8 Å². The van der Waals surface area contributed by atoms with Crippen LogP contribution in [0.4, 0.5) is 5.69 Å². The zero-order chi connectivity index (χ0) is 20.2. The Bertz CT molecular complexity index is 1110. The Hall–Kier alpha value is -2.86. The van der Waals surface area contributed by atoms with E-state index in [0.29, 0.717) is 16.4 Å². The molecule has 4 rings (SSSR count). The lowest BCUT2D eigenvalue weighted by atomic mass is 10.2. The van der Waals surface area contributed by atoms with Crippen LogP contribution < -0.4 is 5.32 Å². The van der Waals surface area contributed by atoms with Gasteiger partial charge in [-0.25, -0.2) is 4.98 Å². The normalized spacial score (nSPS) is 11.7. The van der Waals surface area contributed by atoms with Crippen LogP contribution in [-0.4, -0.2) is 21.1 Å². The molecule has 0 saturated carbocycles. The molecule has 3 heterocycles. The summed E-state index contributed by atoms with van der Waals surface area (Å²) in [6.45, 7) is 1.83. The molecule has 3 aromatic heterocycles. The number of nitrogens with one attached hydrogen (secondary N) is 2. The number of thioether (sulfide) groups is 1. The van der Waals surface area contributed by atoms with E-state index < -0.39 is 0 Å². The van der Waals surface area contributed by atoms with Gasteiger partial charge in [0.05, 0.1) is 31.9 Å². The van der Waals surface area contributed by atoms with Crippen molar-refractivity contribution in [3.63, 3.8) is 0 Å². The fourth-order valence-corrected chi connectivity index (χ4v) is 5.00. The summed E-state index contributed by atoms with van der Waals surface area (Å²) in [6, 6.07) is 17.2. The van der Waals surface area contributed by atoms with Crippen molar-refractivity contribution in [2.45, 2.75) is 17.3 Å². The number of hydrogen-bond donors (Lipinski definition) is 2. The van der Waals surface area contributed by atoms with E-state index in [4.69, 9.17) is 4.98 Å². The third-order valence-electron chi connectivity index (χ3n) is 4.17. The van der Waals surface area contributed by atoms with Crippen molar-refractivity contribution in [3.8, 4) is 27.2 Å². The summed E-state index contributed by atoms with van der Waals surface area (Å²) in [5, 5.41) is 16.4. The van der Waals surface area contributed by atoms with Gasteiger partial charge in [0.25, 0.3) is 0 Å². The molecule has 0 spiro atoms. The molecule has 1 atom stereocenters. The summed E-state index contributed by atoms with van der Waals surface area (Å²) in [5.74, 6) is -0.176. The number of amides is 1. The van der Waals surface area contributed by atoms with Crippen LogP contribution in [0.3, 0.4) is 0 Å². The van der Waals surface area contributed by atoms with Crippen LogP contribution in [0.1, 0.15) is 12.5 Å². The lowest BCUT2D eigenvalue weighted by molar-refractivity contribution is -0.115. The van der Waals surface area contributed by atoms with Gasteiger partial charge in [0.2, 0.25) is 5.91 Å². The zero-order valence-corrected chi connectivity index (χ0v) is 17.8. The van der Waals surface area contributed by atoms with Gasteiger partial charge < -0.3 is 10.3 Å². The van der Waals surface area contributed by atoms with Crippen molar-refractivity contribution in [3.05, 3.63) is 64.9 Å². The molecule has 0 fully saturated rings. The molecular formula is C21H16N4OS3. The van der Waals surface area contributed by atoms with Crippen LogP contribution in [0.5, 0.6) is 0 Å². The summed E-state index contributed by atoms with van der Waals surface area (Å²) >= 11 is 4.64. The predicted molar refractivity (Wildman–Crippen MR) is 120 cm³/mol. The van der Waals surface area contributed by atoms with Crippen molar-refractivity contribution in [1.82, 2.24) is 9.97 Å². The molecule has 0 aliphatic carbocycles. The molecule has 5 nitrogen and oxygen atoms in total. The number of nitrogens with zero attached hydrogens (tertiary/aromatic N) is 2. The number of para-hydroxylation sites is 1. The highest BCUT2D eigenvalue weighted by atomic mass is 32.2. The Morgan fingerprint density at radius 1 is 1.14 bits per heavy atom. The van der Waals surface area contributed by atoms with Gasteiger partial charge in [0.15, 0.2) is 5.16 Å². The third kappa shape index (κ3) is 4.27. The molecule has 144 valence electrons. The van der Waals surface area contributed by atoms with Crippen LogP contribution in [0, 0.1) is 11.3 Å². The maximum absolute atomic E-state index is 12.7. The Labute approximate surface area is 180 Å². The second-order valence-corrected chi connectivity index (χ2v) is 9.35. The number of aromatic amines is 1. The zero-order valence-electron chi connectivity index (χ0n) is 15.4. The van der Waals surface area contributed by atoms with E-state index in [2.05, 4.69) is 22.4 Å². The van der Waals surface area contributed by atoms with Crippen molar-refractivity contribution >= 4 is 46.0 Å². The van der Waals surface area contributed by atoms with Crippen molar-refractivity contribution in [1.29, 1.82) is 5.26 Å². The van der Waals surface area contributed by atoms with Crippen LogP contribution in [0.2, 0.25) is 0 Å². The fraction of sp³-hybridized carbons (Fsp3) is 0.0952. The smallest absolute Gasteiger partial charge is 0.237 e. The third-order valence-corrected chi connectivity index (χ3v) is 6.92. The first-order valence-electron chi connectivity index (χ1n) is 8.80. The number of carbonyl (C=O) groups excluding carboxylic acids is 1. The van der Waals surface area contributed by atoms with Gasteiger partial charge in [-0.15, -0.1) is 22.7 Å². The standard InChI is InChI=1S/C21H16N4OS3/c1-13(20(26)23-15-7-3-2-6-14(15)12-22)29-21-24-18(16-8-4-10-27-16)19(25-21)17-9-5-11-28-17/h2-11,13H,1H3,(H,23,26)(H,24,25)/t13-/m0/s1. The number of imidazole rings is 1. The topological polar surface area (TPSA) is 81.6 Å². The van der Waals surface area contributed by atoms with Gasteiger partial charge >= 0.3 is 0 Å². The largest absolute Gasteiger partial charge is 0.332 e. The first-order chi connectivity index (χ1) is 14.2. The number of hydrogen-bond acceptors (Lipinski definition) is 6. The Morgan fingerprint density at radius 2 is 1.86 bits per heavy atom. The summed E-state index contributed by atoms with van der Waals surface area (Å²) in [4.78, 5) is 23.0. The Kier molecular flexibility index (Phi) is 5.81. The molecule has 0 bridgehead atoms. The van der Waals surface area contributed by atoms with Crippen LogP contribution in [0.15, 0.2) is 64.4 Å². The lowest BCUT2D eigenvalue weighted by Gasteiger charge is -2.11. The fourth-order valence-electron chi connectivity index (χ4n) is 2.74. The molecule has 0 unspecified atom stereocenters. The number of aromatic nitrogens is 2. The minimum absolute atomic E-state index is 0.176. The van der Waals surface area contributed by atoms with E-state index >= 15 is 0 Å². The van der Waals surface area contributed by atoms with E-state index in [0.717, 1.165) is 21.1 Å². The Morgan fingerprint density at radius 3 is 2.55 bits per heavy atom. The molecule has 29 heavy (non-hydrogen) atoms. The molecule has 2 N–H and O–H groups in total. The van der Waals surface area contributed by atoms with E-state index in [-0.39, 0.29) is 11.2 Å². The molecule has 4 aromatic rings. The maximum Gasteiger partial charge on any atom is 0.237 e. The van der Waals surface area contributed by atoms with Crippen molar-refractivity contribution in [2.75, 3.05) is 5.32 Å². The van der Waals surface area contributed by atoms with E-state index in [1.807, 2.05) is 35.9 Å². The SMILES string of the molecule is C[C@H](Sc1nc(-c2cccs2)c(-c2cccs2)[nH]1)C(=O)Nc1ccccc1C#N. The number of benzene rings is 1. The van der Waals surface area contributed by atoms with Gasteiger partial charge in [-0.1, -0.05) is 36.0 Å². The summed E-state index contributed by atoms with van der Waals surface area (Å²) < 4.78 is 0. The predicted octanol–water partition coefficient (Wildman–Crippen LogP) is 5.86.